The third kappa shape index (κ3) is 4.68. The lowest BCUT2D eigenvalue weighted by molar-refractivity contribution is 0.593. The minimum absolute atomic E-state index is 1.27. The van der Waals surface area contributed by atoms with Gasteiger partial charge in [-0.3, -0.25) is 0 Å². The maximum Gasteiger partial charge on any atom is -0.0317 e. The molecule has 0 radical (unpaired) electrons. The highest BCUT2D eigenvalue weighted by atomic mass is 14.1. The molecule has 0 saturated heterocycles. The molecule has 15 heavy (non-hydrogen) atoms. The van der Waals surface area contributed by atoms with Crippen LogP contribution in [0.25, 0.3) is 0 Å². The zero-order valence-electron chi connectivity index (χ0n) is 10.7. The Kier molecular flexibility index (Phi) is 5.75. The third-order valence-corrected chi connectivity index (χ3v) is 3.69. The molecule has 1 aliphatic rings. The second-order valence-electron chi connectivity index (χ2n) is 4.95. The molecule has 1 aliphatic carbocycles. The second-order valence-corrected chi connectivity index (χ2v) is 4.95. The van der Waals surface area contributed by atoms with Crippen LogP contribution in [0.5, 0.6) is 0 Å². The van der Waals surface area contributed by atoms with Crippen LogP contribution in [0.1, 0.15) is 72.1 Å². The lowest BCUT2D eigenvalue weighted by atomic mass is 9.96. The summed E-state index contributed by atoms with van der Waals surface area (Å²) in [5.41, 5.74) is 4.65. The summed E-state index contributed by atoms with van der Waals surface area (Å²) in [6.45, 7) is 6.86. The molecule has 0 nitrogen and oxygen atoms in total. The first-order chi connectivity index (χ1) is 7.22. The summed E-state index contributed by atoms with van der Waals surface area (Å²) in [4.78, 5) is 0. The normalized spacial score (nSPS) is 29.9. The Morgan fingerprint density at radius 2 is 1.40 bits per heavy atom. The summed E-state index contributed by atoms with van der Waals surface area (Å²) in [7, 11) is 0. The van der Waals surface area contributed by atoms with Gasteiger partial charge in [0, 0.05) is 0 Å². The molecule has 0 spiro atoms. The lowest BCUT2D eigenvalue weighted by Crippen LogP contribution is -1.90. The van der Waals surface area contributed by atoms with Gasteiger partial charge in [-0.25, -0.2) is 0 Å². The van der Waals surface area contributed by atoms with E-state index in [2.05, 4.69) is 26.8 Å². The number of rotatable bonds is 0. The van der Waals surface area contributed by atoms with Gasteiger partial charge in [0.1, 0.15) is 0 Å². The summed E-state index contributed by atoms with van der Waals surface area (Å²) >= 11 is 0. The topological polar surface area (TPSA) is 0 Å². The molecule has 1 rings (SSSR count). The molecular formula is C15H26. The molecular weight excluding hydrogens is 180 g/mol. The summed E-state index contributed by atoms with van der Waals surface area (Å²) in [5, 5.41) is 0. The van der Waals surface area contributed by atoms with Gasteiger partial charge in [0.15, 0.2) is 0 Å². The zero-order valence-corrected chi connectivity index (χ0v) is 10.7. The molecule has 0 heterocycles. The van der Waals surface area contributed by atoms with Crippen molar-refractivity contribution in [3.63, 3.8) is 0 Å². The van der Waals surface area contributed by atoms with E-state index in [9.17, 15) is 0 Å². The van der Waals surface area contributed by atoms with Crippen LogP contribution in [0.3, 0.4) is 0 Å². The summed E-state index contributed by atoms with van der Waals surface area (Å²) in [6, 6.07) is 0. The van der Waals surface area contributed by atoms with E-state index >= 15 is 0 Å². The molecule has 0 aromatic heterocycles. The van der Waals surface area contributed by atoms with Crippen molar-refractivity contribution in [2.24, 2.45) is 0 Å². The van der Waals surface area contributed by atoms with Crippen molar-refractivity contribution in [2.45, 2.75) is 72.1 Å². The fraction of sp³-hybridized carbons (Fsp3) is 0.733. The van der Waals surface area contributed by atoms with Gasteiger partial charge in [0.25, 0.3) is 0 Å². The maximum absolute atomic E-state index is 2.43. The van der Waals surface area contributed by atoms with E-state index in [4.69, 9.17) is 0 Å². The average molecular weight is 206 g/mol. The van der Waals surface area contributed by atoms with E-state index in [0.717, 1.165) is 0 Å². The van der Waals surface area contributed by atoms with Gasteiger partial charge in [0.05, 0.1) is 0 Å². The van der Waals surface area contributed by atoms with Gasteiger partial charge in [-0.15, -0.1) is 0 Å². The van der Waals surface area contributed by atoms with Gasteiger partial charge in [0.2, 0.25) is 0 Å². The highest BCUT2D eigenvalue weighted by Crippen LogP contribution is 2.21. The average Bonchev–Trinajstić information content (AvgIpc) is 2.23. The molecule has 0 unspecified atom stereocenters. The van der Waals surface area contributed by atoms with Crippen LogP contribution >= 0.6 is 0 Å². The highest BCUT2D eigenvalue weighted by Gasteiger charge is 2.01. The van der Waals surface area contributed by atoms with E-state index in [1.807, 2.05) is 0 Å². The van der Waals surface area contributed by atoms with E-state index in [0.29, 0.717) is 0 Å². The largest absolute Gasteiger partial charge is 0.0813 e. The predicted octanol–water partition coefficient (Wildman–Crippen LogP) is 5.40. The fourth-order valence-corrected chi connectivity index (χ4v) is 2.24. The van der Waals surface area contributed by atoms with Crippen molar-refractivity contribution in [1.82, 2.24) is 0 Å². The van der Waals surface area contributed by atoms with Gasteiger partial charge in [-0.1, -0.05) is 42.9 Å². The Labute approximate surface area is 95.5 Å². The van der Waals surface area contributed by atoms with Crippen LogP contribution < -0.4 is 0 Å². The second kappa shape index (κ2) is 6.87. The first-order valence-electron chi connectivity index (χ1n) is 6.55. The van der Waals surface area contributed by atoms with Crippen molar-refractivity contribution in [1.29, 1.82) is 0 Å². The molecule has 0 saturated carbocycles. The highest BCUT2D eigenvalue weighted by molar-refractivity contribution is 5.31. The maximum atomic E-state index is 2.43. The zero-order chi connectivity index (χ0) is 11.1. The van der Waals surface area contributed by atoms with Crippen LogP contribution in [0.2, 0.25) is 0 Å². The smallest absolute Gasteiger partial charge is 0.0317 e. The van der Waals surface area contributed by atoms with E-state index in [-0.39, 0.29) is 0 Å². The molecule has 0 aromatic rings. The summed E-state index contributed by atoms with van der Waals surface area (Å²) in [6.07, 6.45) is 13.5. The molecule has 0 N–H and O–H groups in total. The summed E-state index contributed by atoms with van der Waals surface area (Å²) < 4.78 is 0. The lowest BCUT2D eigenvalue weighted by Gasteiger charge is -2.10. The number of allylic oxidation sites excluding steroid dienone is 4. The Bertz CT molecular complexity index is 243. The van der Waals surface area contributed by atoms with Crippen molar-refractivity contribution in [3.8, 4) is 0 Å². The Morgan fingerprint density at radius 3 is 2.13 bits per heavy atom. The molecule has 0 amide bonds. The van der Waals surface area contributed by atoms with Gasteiger partial charge >= 0.3 is 0 Å². The van der Waals surface area contributed by atoms with Crippen LogP contribution in [-0.4, -0.2) is 0 Å². The predicted molar refractivity (Wildman–Crippen MR) is 69.1 cm³/mol. The quantitative estimate of drug-likeness (QED) is 0.497. The number of hydrogen-bond donors (Lipinski definition) is 0. The Morgan fingerprint density at radius 1 is 0.800 bits per heavy atom. The minimum Gasteiger partial charge on any atom is -0.0813 e. The van der Waals surface area contributed by atoms with Crippen LogP contribution in [0, 0.1) is 0 Å². The molecule has 0 bridgehead atoms. The standard InChI is InChI=1S/C15H26/c1-13-11-9-7-5-4-6-8-10-12-14(2)15(13)3/h11H,4-10,12H2,1-3H3/b13-11-,15-14+. The molecule has 0 atom stereocenters. The SMILES string of the molecule is CC1=C/CCCCCCCC\C(C)=C\1C. The van der Waals surface area contributed by atoms with Crippen LogP contribution in [0.4, 0.5) is 0 Å². The van der Waals surface area contributed by atoms with Gasteiger partial charge < -0.3 is 0 Å². The molecule has 0 aliphatic heterocycles. The molecule has 0 heteroatoms. The van der Waals surface area contributed by atoms with E-state index < -0.39 is 0 Å². The summed E-state index contributed by atoms with van der Waals surface area (Å²) in [5.74, 6) is 0. The van der Waals surface area contributed by atoms with Crippen molar-refractivity contribution >= 4 is 0 Å². The molecule has 0 fully saturated rings. The van der Waals surface area contributed by atoms with Crippen molar-refractivity contribution in [3.05, 3.63) is 22.8 Å². The van der Waals surface area contributed by atoms with Gasteiger partial charge in [-0.2, -0.15) is 0 Å². The van der Waals surface area contributed by atoms with Crippen LogP contribution in [-0.2, 0) is 0 Å². The molecule has 0 aromatic carbocycles. The van der Waals surface area contributed by atoms with E-state index in [1.165, 1.54) is 62.5 Å². The van der Waals surface area contributed by atoms with Crippen molar-refractivity contribution in [2.75, 3.05) is 0 Å². The van der Waals surface area contributed by atoms with E-state index in [1.54, 1.807) is 5.57 Å². The monoisotopic (exact) mass is 206 g/mol. The van der Waals surface area contributed by atoms with Crippen molar-refractivity contribution < 1.29 is 0 Å². The Balaban J connectivity index is 2.65. The minimum atomic E-state index is 1.27. The van der Waals surface area contributed by atoms with Crippen LogP contribution in [0.15, 0.2) is 22.8 Å². The first kappa shape index (κ1) is 12.5. The fourth-order valence-electron chi connectivity index (χ4n) is 2.24. The number of hydrogen-bond acceptors (Lipinski definition) is 0. The Hall–Kier alpha value is -0.520. The molecule has 86 valence electrons. The van der Waals surface area contributed by atoms with Gasteiger partial charge in [-0.05, 0) is 52.0 Å². The third-order valence-electron chi connectivity index (χ3n) is 3.69. The first-order valence-corrected chi connectivity index (χ1v) is 6.55.